The highest BCUT2D eigenvalue weighted by molar-refractivity contribution is 5.42. The summed E-state index contributed by atoms with van der Waals surface area (Å²) in [6, 6.07) is 0. The van der Waals surface area contributed by atoms with Gasteiger partial charge in [0.25, 0.3) is 0 Å². The Morgan fingerprint density at radius 2 is 1.47 bits per heavy atom. The van der Waals surface area contributed by atoms with Crippen molar-refractivity contribution in [2.24, 2.45) is 5.41 Å². The SMILES string of the molecule is C=CC(=C)/C(=C\NC)C(C)(C)C=C.CC.CC. The van der Waals surface area contributed by atoms with Crippen molar-refractivity contribution in [1.29, 1.82) is 0 Å². The van der Waals surface area contributed by atoms with Crippen molar-refractivity contribution in [2.45, 2.75) is 41.5 Å². The summed E-state index contributed by atoms with van der Waals surface area (Å²) in [5, 5.41) is 3.01. The third-order valence-corrected chi connectivity index (χ3v) is 2.09. The Morgan fingerprint density at radius 3 is 1.71 bits per heavy atom. The van der Waals surface area contributed by atoms with Crippen molar-refractivity contribution in [3.05, 3.63) is 49.2 Å². The van der Waals surface area contributed by atoms with Crippen LogP contribution in [0.2, 0.25) is 0 Å². The van der Waals surface area contributed by atoms with Crippen molar-refractivity contribution in [2.75, 3.05) is 7.05 Å². The van der Waals surface area contributed by atoms with E-state index in [1.54, 1.807) is 6.08 Å². The van der Waals surface area contributed by atoms with E-state index < -0.39 is 0 Å². The van der Waals surface area contributed by atoms with E-state index in [9.17, 15) is 0 Å². The van der Waals surface area contributed by atoms with Gasteiger partial charge in [-0.05, 0) is 11.1 Å². The molecule has 0 rings (SSSR count). The van der Waals surface area contributed by atoms with Crippen LogP contribution in [0, 0.1) is 5.41 Å². The molecular weight excluding hydrogens is 206 g/mol. The van der Waals surface area contributed by atoms with E-state index in [1.807, 2.05) is 47.0 Å². The van der Waals surface area contributed by atoms with Crippen molar-refractivity contribution in [1.82, 2.24) is 5.32 Å². The summed E-state index contributed by atoms with van der Waals surface area (Å²) >= 11 is 0. The van der Waals surface area contributed by atoms with Crippen molar-refractivity contribution >= 4 is 0 Å². The second kappa shape index (κ2) is 12.8. The van der Waals surface area contributed by atoms with Gasteiger partial charge in [0, 0.05) is 18.7 Å². The highest BCUT2D eigenvalue weighted by Gasteiger charge is 2.19. The molecule has 0 saturated carbocycles. The standard InChI is InChI=1S/C12H19N.2C2H6/c1-7-10(3)11(9-13-6)12(4,5)8-2;2*1-2/h7-9,13H,1-3H2,4-6H3;2*1-2H3/b11-9+;;. The minimum Gasteiger partial charge on any atom is -0.394 e. The molecule has 0 aliphatic heterocycles. The molecule has 1 nitrogen and oxygen atoms in total. The highest BCUT2D eigenvalue weighted by Crippen LogP contribution is 2.31. The van der Waals surface area contributed by atoms with Crippen LogP contribution in [-0.4, -0.2) is 7.05 Å². The molecule has 0 radical (unpaired) electrons. The van der Waals surface area contributed by atoms with Crippen LogP contribution in [0.1, 0.15) is 41.5 Å². The Hall–Kier alpha value is -1.24. The summed E-state index contributed by atoms with van der Waals surface area (Å²) in [5.74, 6) is 0. The van der Waals surface area contributed by atoms with Crippen LogP contribution in [-0.2, 0) is 0 Å². The molecule has 0 amide bonds. The van der Waals surface area contributed by atoms with Crippen LogP contribution in [0.25, 0.3) is 0 Å². The number of hydrogen-bond acceptors (Lipinski definition) is 1. The molecule has 0 saturated heterocycles. The van der Waals surface area contributed by atoms with E-state index in [4.69, 9.17) is 0 Å². The van der Waals surface area contributed by atoms with E-state index in [1.165, 1.54) is 0 Å². The van der Waals surface area contributed by atoms with E-state index in [0.29, 0.717) is 0 Å². The topological polar surface area (TPSA) is 12.0 Å². The molecule has 1 heteroatoms. The monoisotopic (exact) mass is 237 g/mol. The van der Waals surface area contributed by atoms with Gasteiger partial charge in [-0.2, -0.15) is 0 Å². The molecule has 0 fully saturated rings. The first-order chi connectivity index (χ1) is 7.99. The Kier molecular flexibility index (Phi) is 15.9. The number of nitrogens with one attached hydrogen (secondary N) is 1. The second-order valence-electron chi connectivity index (χ2n) is 3.50. The van der Waals surface area contributed by atoms with Gasteiger partial charge in [-0.1, -0.05) is 66.9 Å². The third-order valence-electron chi connectivity index (χ3n) is 2.09. The molecule has 0 aromatic heterocycles. The van der Waals surface area contributed by atoms with Crippen LogP contribution in [0.4, 0.5) is 0 Å². The molecule has 0 aromatic carbocycles. The predicted octanol–water partition coefficient (Wildman–Crippen LogP) is 5.10. The van der Waals surface area contributed by atoms with Gasteiger partial charge in [0.2, 0.25) is 0 Å². The fraction of sp³-hybridized carbons (Fsp3) is 0.500. The first-order valence-corrected chi connectivity index (χ1v) is 6.32. The van der Waals surface area contributed by atoms with Crippen LogP contribution >= 0.6 is 0 Å². The first kappa shape index (κ1) is 21.1. The average molecular weight is 237 g/mol. The lowest BCUT2D eigenvalue weighted by Crippen LogP contribution is -2.14. The number of hydrogen-bond donors (Lipinski definition) is 1. The first-order valence-electron chi connectivity index (χ1n) is 6.32. The largest absolute Gasteiger partial charge is 0.394 e. The van der Waals surface area contributed by atoms with Crippen LogP contribution in [0.5, 0.6) is 0 Å². The fourth-order valence-corrected chi connectivity index (χ4v) is 1.06. The summed E-state index contributed by atoms with van der Waals surface area (Å²) in [7, 11) is 1.87. The van der Waals surface area contributed by atoms with Gasteiger partial charge in [-0.15, -0.1) is 6.58 Å². The molecular formula is C16H31N. The molecule has 17 heavy (non-hydrogen) atoms. The van der Waals surface area contributed by atoms with Gasteiger partial charge in [0.05, 0.1) is 0 Å². The minimum absolute atomic E-state index is 0.0751. The molecule has 1 N–H and O–H groups in total. The molecule has 0 unspecified atom stereocenters. The highest BCUT2D eigenvalue weighted by atomic mass is 14.8. The normalized spacial score (nSPS) is 9.94. The van der Waals surface area contributed by atoms with E-state index in [0.717, 1.165) is 11.1 Å². The molecule has 100 valence electrons. The lowest BCUT2D eigenvalue weighted by molar-refractivity contribution is 0.587. The Bertz CT molecular complexity index is 244. The zero-order chi connectivity index (χ0) is 14.5. The average Bonchev–Trinajstić information content (AvgIpc) is 2.39. The lowest BCUT2D eigenvalue weighted by Gasteiger charge is -2.24. The minimum atomic E-state index is -0.0751. The Balaban J connectivity index is -0.000000439. The summed E-state index contributed by atoms with van der Waals surface area (Å²) in [6.07, 6.45) is 5.60. The van der Waals surface area contributed by atoms with Gasteiger partial charge in [-0.3, -0.25) is 0 Å². The summed E-state index contributed by atoms with van der Waals surface area (Å²) in [5.41, 5.74) is 1.97. The van der Waals surface area contributed by atoms with Gasteiger partial charge in [-0.25, -0.2) is 0 Å². The van der Waals surface area contributed by atoms with Crippen molar-refractivity contribution in [3.63, 3.8) is 0 Å². The molecule has 0 aromatic rings. The van der Waals surface area contributed by atoms with Gasteiger partial charge in [0.15, 0.2) is 0 Å². The molecule has 0 heterocycles. The zero-order valence-corrected chi connectivity index (χ0v) is 12.9. The van der Waals surface area contributed by atoms with E-state index in [2.05, 4.69) is 38.9 Å². The maximum Gasteiger partial charge on any atom is 0.00926 e. The van der Waals surface area contributed by atoms with Gasteiger partial charge < -0.3 is 5.32 Å². The Morgan fingerprint density at radius 1 is 1.06 bits per heavy atom. The predicted molar refractivity (Wildman–Crippen MR) is 83.2 cm³/mol. The van der Waals surface area contributed by atoms with Gasteiger partial charge >= 0.3 is 0 Å². The number of allylic oxidation sites excluding steroid dienone is 4. The molecule has 0 aliphatic rings. The number of rotatable bonds is 5. The van der Waals surface area contributed by atoms with Crippen molar-refractivity contribution < 1.29 is 0 Å². The smallest absolute Gasteiger partial charge is 0.00926 e. The summed E-state index contributed by atoms with van der Waals surface area (Å²) in [4.78, 5) is 0. The lowest BCUT2D eigenvalue weighted by atomic mass is 9.81. The third kappa shape index (κ3) is 8.56. The van der Waals surface area contributed by atoms with E-state index >= 15 is 0 Å². The van der Waals surface area contributed by atoms with Gasteiger partial charge in [0.1, 0.15) is 0 Å². The molecule has 0 aliphatic carbocycles. The maximum atomic E-state index is 3.93. The van der Waals surface area contributed by atoms with Crippen LogP contribution in [0.15, 0.2) is 49.2 Å². The van der Waals surface area contributed by atoms with Crippen molar-refractivity contribution in [3.8, 4) is 0 Å². The van der Waals surface area contributed by atoms with Crippen LogP contribution < -0.4 is 5.32 Å². The second-order valence-corrected chi connectivity index (χ2v) is 3.50. The quantitative estimate of drug-likeness (QED) is 0.518. The summed E-state index contributed by atoms with van der Waals surface area (Å²) in [6.45, 7) is 23.6. The van der Waals surface area contributed by atoms with E-state index in [-0.39, 0.29) is 5.41 Å². The molecule has 0 spiro atoms. The van der Waals surface area contributed by atoms with Crippen LogP contribution in [0.3, 0.4) is 0 Å². The summed E-state index contributed by atoms with van der Waals surface area (Å²) < 4.78 is 0. The Labute approximate surface area is 109 Å². The molecule has 0 atom stereocenters. The molecule has 0 bridgehead atoms. The fourth-order valence-electron chi connectivity index (χ4n) is 1.06. The maximum absolute atomic E-state index is 3.93. The zero-order valence-electron chi connectivity index (χ0n) is 12.9.